The topological polar surface area (TPSA) is 68.2 Å². The molecule has 0 atom stereocenters. The SMILES string of the molecule is COc1cccc(CCN2C=CC=C3C2=Nc2ccccc2OS3(=O)=O)c1. The molecule has 0 N–H and O–H groups in total. The highest BCUT2D eigenvalue weighted by molar-refractivity contribution is 7.92. The molecule has 2 aromatic rings. The normalized spacial score (nSPS) is 17.0. The lowest BCUT2D eigenvalue weighted by Gasteiger charge is -2.25. The number of allylic oxidation sites excluding steroid dienone is 2. The average molecular weight is 382 g/mol. The first-order valence-electron chi connectivity index (χ1n) is 8.47. The molecular weight excluding hydrogens is 364 g/mol. The monoisotopic (exact) mass is 382 g/mol. The lowest BCUT2D eigenvalue weighted by molar-refractivity contribution is 0.414. The number of hydrogen-bond acceptors (Lipinski definition) is 6. The number of benzene rings is 2. The van der Waals surface area contributed by atoms with Crippen molar-refractivity contribution < 1.29 is 17.3 Å². The maximum Gasteiger partial charge on any atom is 0.343 e. The lowest BCUT2D eigenvalue weighted by Crippen LogP contribution is -2.34. The second-order valence-corrected chi connectivity index (χ2v) is 7.62. The molecule has 0 bridgehead atoms. The van der Waals surface area contributed by atoms with Gasteiger partial charge in [0.2, 0.25) is 0 Å². The Kier molecular flexibility index (Phi) is 4.45. The molecular formula is C20H18N2O4S. The van der Waals surface area contributed by atoms with Crippen molar-refractivity contribution in [3.05, 3.63) is 77.4 Å². The van der Waals surface area contributed by atoms with Gasteiger partial charge in [0, 0.05) is 12.7 Å². The van der Waals surface area contributed by atoms with Crippen LogP contribution < -0.4 is 8.92 Å². The highest BCUT2D eigenvalue weighted by Gasteiger charge is 2.33. The number of para-hydroxylation sites is 2. The molecule has 0 aromatic heterocycles. The standard InChI is InChI=1S/C20H18N2O4S/c1-25-16-7-4-6-15(14-16)11-13-22-12-5-10-19-20(22)21-17-8-2-3-9-18(17)26-27(19,23)24/h2-10,12,14H,11,13H2,1H3. The first kappa shape index (κ1) is 17.4. The second-order valence-electron chi connectivity index (χ2n) is 6.11. The summed E-state index contributed by atoms with van der Waals surface area (Å²) in [7, 11) is -2.31. The van der Waals surface area contributed by atoms with Gasteiger partial charge in [-0.2, -0.15) is 8.42 Å². The molecule has 4 rings (SSSR count). The van der Waals surface area contributed by atoms with E-state index in [1.165, 1.54) is 6.08 Å². The van der Waals surface area contributed by atoms with Crippen molar-refractivity contribution >= 4 is 21.6 Å². The number of ether oxygens (including phenoxy) is 1. The van der Waals surface area contributed by atoms with Crippen molar-refractivity contribution in [3.8, 4) is 11.5 Å². The van der Waals surface area contributed by atoms with Crippen LogP contribution in [0.1, 0.15) is 5.56 Å². The second kappa shape index (κ2) is 6.92. The summed E-state index contributed by atoms with van der Waals surface area (Å²) in [5.41, 5.74) is 1.58. The van der Waals surface area contributed by atoms with Gasteiger partial charge < -0.3 is 13.8 Å². The van der Waals surface area contributed by atoms with E-state index >= 15 is 0 Å². The summed E-state index contributed by atoms with van der Waals surface area (Å²) in [5.74, 6) is 1.39. The summed E-state index contributed by atoms with van der Waals surface area (Å²) in [6, 6.07) is 14.7. The Bertz CT molecular complexity index is 1070. The smallest absolute Gasteiger partial charge is 0.343 e. The predicted molar refractivity (Wildman–Crippen MR) is 104 cm³/mol. The predicted octanol–water partition coefficient (Wildman–Crippen LogP) is 3.40. The lowest BCUT2D eigenvalue weighted by atomic mass is 10.1. The molecule has 0 saturated heterocycles. The highest BCUT2D eigenvalue weighted by atomic mass is 32.2. The molecule has 138 valence electrons. The number of fused-ring (bicyclic) bond motifs is 2. The molecule has 6 nitrogen and oxygen atoms in total. The van der Waals surface area contributed by atoms with Crippen molar-refractivity contribution in [2.45, 2.75) is 6.42 Å². The minimum absolute atomic E-state index is 0.0619. The third-order valence-electron chi connectivity index (χ3n) is 4.34. The molecule has 0 amide bonds. The zero-order chi connectivity index (χ0) is 18.9. The Morgan fingerprint density at radius 2 is 2.00 bits per heavy atom. The molecule has 0 fully saturated rings. The van der Waals surface area contributed by atoms with Gasteiger partial charge in [0.1, 0.15) is 16.3 Å². The Hall–Kier alpha value is -3.06. The van der Waals surface area contributed by atoms with Crippen molar-refractivity contribution in [2.24, 2.45) is 4.99 Å². The van der Waals surface area contributed by atoms with Crippen LogP contribution in [0.2, 0.25) is 0 Å². The molecule has 7 heteroatoms. The quantitative estimate of drug-likeness (QED) is 0.758. The number of methoxy groups -OCH3 is 1. The fourth-order valence-corrected chi connectivity index (χ4v) is 4.09. The molecule has 2 aliphatic rings. The first-order valence-corrected chi connectivity index (χ1v) is 9.88. The average Bonchev–Trinajstić information content (AvgIpc) is 2.79. The third kappa shape index (κ3) is 3.46. The molecule has 0 saturated carbocycles. The van der Waals surface area contributed by atoms with Crippen LogP contribution in [0, 0.1) is 0 Å². The van der Waals surface area contributed by atoms with Crippen molar-refractivity contribution in [1.82, 2.24) is 4.90 Å². The Morgan fingerprint density at radius 1 is 1.15 bits per heavy atom. The number of nitrogens with zero attached hydrogens (tertiary/aromatic N) is 2. The fraction of sp³-hybridized carbons (Fsp3) is 0.150. The third-order valence-corrected chi connectivity index (χ3v) is 5.60. The van der Waals surface area contributed by atoms with Gasteiger partial charge in [0.15, 0.2) is 11.6 Å². The van der Waals surface area contributed by atoms with E-state index in [-0.39, 0.29) is 10.7 Å². The Balaban J connectivity index is 1.66. The van der Waals surface area contributed by atoms with Gasteiger partial charge >= 0.3 is 10.1 Å². The van der Waals surface area contributed by atoms with Crippen LogP contribution in [0.25, 0.3) is 0 Å². The van der Waals surface area contributed by atoms with Crippen molar-refractivity contribution in [3.63, 3.8) is 0 Å². The minimum atomic E-state index is -3.94. The van der Waals surface area contributed by atoms with E-state index in [0.717, 1.165) is 11.3 Å². The minimum Gasteiger partial charge on any atom is -0.497 e. The van der Waals surface area contributed by atoms with E-state index in [4.69, 9.17) is 8.92 Å². The van der Waals surface area contributed by atoms with Crippen LogP contribution in [-0.2, 0) is 16.5 Å². The molecule has 0 unspecified atom stereocenters. The van der Waals surface area contributed by atoms with Gasteiger partial charge in [-0.3, -0.25) is 0 Å². The summed E-state index contributed by atoms with van der Waals surface area (Å²) in [6.07, 6.45) is 5.74. The van der Waals surface area contributed by atoms with E-state index in [9.17, 15) is 8.42 Å². The number of amidine groups is 1. The van der Waals surface area contributed by atoms with Crippen LogP contribution >= 0.6 is 0 Å². The van der Waals surface area contributed by atoms with Gasteiger partial charge in [0.25, 0.3) is 0 Å². The van der Waals surface area contributed by atoms with Crippen LogP contribution in [0.15, 0.2) is 76.8 Å². The van der Waals surface area contributed by atoms with Gasteiger partial charge in [0.05, 0.1) is 7.11 Å². The van der Waals surface area contributed by atoms with Gasteiger partial charge in [-0.1, -0.05) is 24.3 Å². The van der Waals surface area contributed by atoms with Gasteiger partial charge in [-0.15, -0.1) is 0 Å². The zero-order valence-electron chi connectivity index (χ0n) is 14.7. The molecule has 0 aliphatic carbocycles. The first-order chi connectivity index (χ1) is 13.1. The van der Waals surface area contributed by atoms with Crippen LogP contribution in [0.3, 0.4) is 0 Å². The summed E-state index contributed by atoms with van der Waals surface area (Å²) < 4.78 is 35.8. The molecule has 0 spiro atoms. The van der Waals surface area contributed by atoms with Crippen LogP contribution in [0.4, 0.5) is 5.69 Å². The molecule has 2 aromatic carbocycles. The maximum absolute atomic E-state index is 12.7. The zero-order valence-corrected chi connectivity index (χ0v) is 15.5. The Labute approximate surface area is 158 Å². The number of hydrogen-bond donors (Lipinski definition) is 0. The molecule has 2 aliphatic heterocycles. The van der Waals surface area contributed by atoms with E-state index in [2.05, 4.69) is 4.99 Å². The van der Waals surface area contributed by atoms with E-state index in [1.54, 1.807) is 37.5 Å². The maximum atomic E-state index is 12.7. The summed E-state index contributed by atoms with van der Waals surface area (Å²) in [5, 5.41) is 0. The van der Waals surface area contributed by atoms with E-state index in [0.29, 0.717) is 24.5 Å². The highest BCUT2D eigenvalue weighted by Crippen LogP contribution is 2.35. The van der Waals surface area contributed by atoms with Crippen LogP contribution in [-0.4, -0.2) is 32.8 Å². The van der Waals surface area contributed by atoms with Crippen molar-refractivity contribution in [1.29, 1.82) is 0 Å². The molecule has 0 radical (unpaired) electrons. The van der Waals surface area contributed by atoms with Gasteiger partial charge in [-0.05, 0) is 48.4 Å². The number of rotatable bonds is 4. The summed E-state index contributed by atoms with van der Waals surface area (Å²) >= 11 is 0. The van der Waals surface area contributed by atoms with E-state index in [1.807, 2.05) is 35.4 Å². The fourth-order valence-electron chi connectivity index (χ4n) is 2.99. The van der Waals surface area contributed by atoms with Crippen molar-refractivity contribution in [2.75, 3.05) is 13.7 Å². The van der Waals surface area contributed by atoms with Crippen LogP contribution in [0.5, 0.6) is 11.5 Å². The summed E-state index contributed by atoms with van der Waals surface area (Å²) in [6.45, 7) is 0.567. The van der Waals surface area contributed by atoms with Gasteiger partial charge in [-0.25, -0.2) is 4.99 Å². The molecule has 2 heterocycles. The number of aliphatic imine (C=N–C) groups is 1. The summed E-state index contributed by atoms with van der Waals surface area (Å²) in [4.78, 5) is 6.47. The van der Waals surface area contributed by atoms with E-state index < -0.39 is 10.1 Å². The molecule has 27 heavy (non-hydrogen) atoms. The largest absolute Gasteiger partial charge is 0.497 e. The Morgan fingerprint density at radius 3 is 2.85 bits per heavy atom.